The minimum absolute atomic E-state index is 0.262. The van der Waals surface area contributed by atoms with Crippen molar-refractivity contribution in [1.82, 2.24) is 5.32 Å². The van der Waals surface area contributed by atoms with Crippen LogP contribution in [0, 0.1) is 5.92 Å². The van der Waals surface area contributed by atoms with Crippen LogP contribution in [-0.4, -0.2) is 35.7 Å². The third kappa shape index (κ3) is 5.43. The predicted molar refractivity (Wildman–Crippen MR) is 52.6 cm³/mol. The molecule has 0 rings (SSSR count). The highest BCUT2D eigenvalue weighted by molar-refractivity contribution is 7.99. The standard InChI is InChI=1S/C8H17NO2S/c1-6(2)12-5-7(4-9-3)8(10)11/h6-7,9H,4-5H2,1-3H3,(H,10,11). The Labute approximate surface area is 77.9 Å². The summed E-state index contributed by atoms with van der Waals surface area (Å²) in [6, 6.07) is 0. The Morgan fingerprint density at radius 3 is 2.50 bits per heavy atom. The molecule has 12 heavy (non-hydrogen) atoms. The first-order valence-electron chi connectivity index (χ1n) is 4.07. The Balaban J connectivity index is 3.71. The largest absolute Gasteiger partial charge is 0.481 e. The summed E-state index contributed by atoms with van der Waals surface area (Å²) < 4.78 is 0. The Kier molecular flexibility index (Phi) is 6.20. The number of rotatable bonds is 6. The molecular weight excluding hydrogens is 174 g/mol. The molecule has 0 aliphatic heterocycles. The van der Waals surface area contributed by atoms with Crippen LogP contribution in [0.15, 0.2) is 0 Å². The molecule has 0 bridgehead atoms. The van der Waals surface area contributed by atoms with Gasteiger partial charge in [-0.15, -0.1) is 0 Å². The summed E-state index contributed by atoms with van der Waals surface area (Å²) in [5.74, 6) is -0.284. The predicted octanol–water partition coefficient (Wildman–Crippen LogP) is 1.05. The highest BCUT2D eigenvalue weighted by atomic mass is 32.2. The Morgan fingerprint density at radius 1 is 1.58 bits per heavy atom. The van der Waals surface area contributed by atoms with Gasteiger partial charge in [-0.2, -0.15) is 11.8 Å². The molecule has 0 heterocycles. The van der Waals surface area contributed by atoms with E-state index in [-0.39, 0.29) is 5.92 Å². The SMILES string of the molecule is CNCC(CSC(C)C)C(=O)O. The number of aliphatic carboxylic acids is 1. The van der Waals surface area contributed by atoms with Crippen LogP contribution in [0.4, 0.5) is 0 Å². The van der Waals surface area contributed by atoms with E-state index in [9.17, 15) is 4.79 Å². The maximum absolute atomic E-state index is 10.6. The molecular formula is C8H17NO2S. The van der Waals surface area contributed by atoms with Crippen LogP contribution >= 0.6 is 11.8 Å². The van der Waals surface area contributed by atoms with Crippen molar-refractivity contribution in [2.45, 2.75) is 19.1 Å². The second-order valence-corrected chi connectivity index (χ2v) is 4.58. The molecule has 1 unspecified atom stereocenters. The number of carboxylic acids is 1. The summed E-state index contributed by atoms with van der Waals surface area (Å²) in [4.78, 5) is 10.6. The lowest BCUT2D eigenvalue weighted by Gasteiger charge is -2.12. The van der Waals surface area contributed by atoms with Crippen molar-refractivity contribution in [2.75, 3.05) is 19.3 Å². The van der Waals surface area contributed by atoms with Gasteiger partial charge in [-0.05, 0) is 12.3 Å². The van der Waals surface area contributed by atoms with Gasteiger partial charge in [0.25, 0.3) is 0 Å². The van der Waals surface area contributed by atoms with Crippen LogP contribution in [0.2, 0.25) is 0 Å². The summed E-state index contributed by atoms with van der Waals surface area (Å²) in [7, 11) is 1.77. The van der Waals surface area contributed by atoms with Gasteiger partial charge in [0.15, 0.2) is 0 Å². The number of hydrogen-bond acceptors (Lipinski definition) is 3. The van der Waals surface area contributed by atoms with Crippen molar-refractivity contribution in [3.63, 3.8) is 0 Å². The highest BCUT2D eigenvalue weighted by Crippen LogP contribution is 2.13. The summed E-state index contributed by atoms with van der Waals surface area (Å²) >= 11 is 1.69. The Hall–Kier alpha value is -0.220. The summed E-state index contributed by atoms with van der Waals surface area (Å²) in [6.45, 7) is 4.70. The molecule has 2 N–H and O–H groups in total. The van der Waals surface area contributed by atoms with E-state index in [0.717, 1.165) is 0 Å². The van der Waals surface area contributed by atoms with E-state index in [2.05, 4.69) is 19.2 Å². The zero-order valence-electron chi connectivity index (χ0n) is 7.83. The van der Waals surface area contributed by atoms with Crippen molar-refractivity contribution in [1.29, 1.82) is 0 Å². The Bertz CT molecular complexity index is 139. The molecule has 0 spiro atoms. The van der Waals surface area contributed by atoms with Crippen molar-refractivity contribution in [3.8, 4) is 0 Å². The first kappa shape index (κ1) is 11.8. The molecule has 0 saturated carbocycles. The lowest BCUT2D eigenvalue weighted by Crippen LogP contribution is -2.28. The minimum atomic E-state index is -0.711. The molecule has 4 heteroatoms. The Morgan fingerprint density at radius 2 is 2.17 bits per heavy atom. The van der Waals surface area contributed by atoms with Gasteiger partial charge in [-0.1, -0.05) is 13.8 Å². The molecule has 0 fully saturated rings. The second-order valence-electron chi connectivity index (χ2n) is 2.97. The molecule has 1 atom stereocenters. The molecule has 0 aliphatic carbocycles. The fourth-order valence-electron chi connectivity index (χ4n) is 0.773. The average Bonchev–Trinajstić information content (AvgIpc) is 1.96. The summed E-state index contributed by atoms with van der Waals surface area (Å²) in [5.41, 5.74) is 0. The van der Waals surface area contributed by atoms with Gasteiger partial charge in [0, 0.05) is 12.3 Å². The van der Waals surface area contributed by atoms with E-state index in [1.807, 2.05) is 0 Å². The number of hydrogen-bond donors (Lipinski definition) is 2. The highest BCUT2D eigenvalue weighted by Gasteiger charge is 2.16. The lowest BCUT2D eigenvalue weighted by molar-refractivity contribution is -0.140. The van der Waals surface area contributed by atoms with E-state index in [4.69, 9.17) is 5.11 Å². The van der Waals surface area contributed by atoms with Crippen molar-refractivity contribution in [3.05, 3.63) is 0 Å². The first-order chi connectivity index (χ1) is 5.57. The van der Waals surface area contributed by atoms with Crippen molar-refractivity contribution >= 4 is 17.7 Å². The van der Waals surface area contributed by atoms with Gasteiger partial charge in [0.2, 0.25) is 0 Å². The van der Waals surface area contributed by atoms with Crippen LogP contribution in [-0.2, 0) is 4.79 Å². The lowest BCUT2D eigenvalue weighted by atomic mass is 10.2. The van der Waals surface area contributed by atoms with E-state index in [1.54, 1.807) is 18.8 Å². The second kappa shape index (κ2) is 6.31. The first-order valence-corrected chi connectivity index (χ1v) is 5.11. The van der Waals surface area contributed by atoms with E-state index >= 15 is 0 Å². The fourth-order valence-corrected chi connectivity index (χ4v) is 1.65. The van der Waals surface area contributed by atoms with Gasteiger partial charge in [-0.3, -0.25) is 4.79 Å². The normalized spacial score (nSPS) is 13.3. The summed E-state index contributed by atoms with van der Waals surface area (Å²) in [6.07, 6.45) is 0. The zero-order valence-corrected chi connectivity index (χ0v) is 8.65. The molecule has 0 saturated heterocycles. The number of nitrogens with one attached hydrogen (secondary N) is 1. The van der Waals surface area contributed by atoms with Gasteiger partial charge in [0.05, 0.1) is 5.92 Å². The molecule has 0 aromatic carbocycles. The van der Waals surface area contributed by atoms with Gasteiger partial charge in [-0.25, -0.2) is 0 Å². The van der Waals surface area contributed by atoms with Crippen LogP contribution in [0.1, 0.15) is 13.8 Å². The number of thioether (sulfide) groups is 1. The van der Waals surface area contributed by atoms with Gasteiger partial charge in [0.1, 0.15) is 0 Å². The maximum Gasteiger partial charge on any atom is 0.308 e. The topological polar surface area (TPSA) is 49.3 Å². The summed E-state index contributed by atoms with van der Waals surface area (Å²) in [5, 5.41) is 12.1. The average molecular weight is 191 g/mol. The van der Waals surface area contributed by atoms with Crippen molar-refractivity contribution in [2.24, 2.45) is 5.92 Å². The maximum atomic E-state index is 10.6. The van der Waals surface area contributed by atoms with Crippen LogP contribution in [0.25, 0.3) is 0 Å². The molecule has 0 aromatic heterocycles. The molecule has 72 valence electrons. The van der Waals surface area contributed by atoms with E-state index in [1.165, 1.54) is 0 Å². The molecule has 0 amide bonds. The van der Waals surface area contributed by atoms with Gasteiger partial charge < -0.3 is 10.4 Å². The number of carbonyl (C=O) groups is 1. The molecule has 0 aliphatic rings. The smallest absolute Gasteiger partial charge is 0.308 e. The van der Waals surface area contributed by atoms with E-state index < -0.39 is 5.97 Å². The minimum Gasteiger partial charge on any atom is -0.481 e. The fraction of sp³-hybridized carbons (Fsp3) is 0.875. The third-order valence-corrected chi connectivity index (χ3v) is 2.69. The molecule has 0 radical (unpaired) electrons. The van der Waals surface area contributed by atoms with E-state index in [0.29, 0.717) is 17.5 Å². The van der Waals surface area contributed by atoms with Crippen LogP contribution < -0.4 is 5.32 Å². The molecule has 3 nitrogen and oxygen atoms in total. The molecule has 0 aromatic rings. The quantitative estimate of drug-likeness (QED) is 0.659. The van der Waals surface area contributed by atoms with Crippen LogP contribution in [0.5, 0.6) is 0 Å². The van der Waals surface area contributed by atoms with Crippen molar-refractivity contribution < 1.29 is 9.90 Å². The zero-order chi connectivity index (χ0) is 9.56. The monoisotopic (exact) mass is 191 g/mol. The van der Waals surface area contributed by atoms with Crippen LogP contribution in [0.3, 0.4) is 0 Å². The number of carboxylic acid groups (broad SMARTS) is 1. The third-order valence-electron chi connectivity index (χ3n) is 1.43. The van der Waals surface area contributed by atoms with Gasteiger partial charge >= 0.3 is 5.97 Å².